The highest BCUT2D eigenvalue weighted by molar-refractivity contribution is 6.11. The fourth-order valence-electron chi connectivity index (χ4n) is 11.4. The molecule has 60 heavy (non-hydrogen) atoms. The van der Waals surface area contributed by atoms with E-state index in [-0.39, 0.29) is 35.0 Å². The zero-order chi connectivity index (χ0) is 44.1. The van der Waals surface area contributed by atoms with Crippen molar-refractivity contribution in [2.75, 3.05) is 40.6 Å². The Kier molecular flexibility index (Phi) is 10.1. The van der Waals surface area contributed by atoms with Gasteiger partial charge in [-0.05, 0) is 71.2 Å². The third-order valence-electron chi connectivity index (χ3n) is 15.9. The first-order valence-electron chi connectivity index (χ1n) is 20.3. The van der Waals surface area contributed by atoms with Crippen molar-refractivity contribution in [3.63, 3.8) is 0 Å². The number of hydrogen-bond acceptors (Lipinski definition) is 11. The van der Waals surface area contributed by atoms with Gasteiger partial charge >= 0.3 is 23.9 Å². The number of esters is 3. The Balaban J connectivity index is 1.14. The molecule has 2 N–H and O–H groups in total. The molecule has 0 amide bonds. The van der Waals surface area contributed by atoms with Crippen LogP contribution >= 0.6 is 0 Å². The van der Waals surface area contributed by atoms with Gasteiger partial charge in [-0.2, -0.15) is 0 Å². The number of carbonyl (C=O) groups is 4. The summed E-state index contributed by atoms with van der Waals surface area (Å²) in [6, 6.07) is 14.9. The predicted octanol–water partition coefficient (Wildman–Crippen LogP) is 7.15. The summed E-state index contributed by atoms with van der Waals surface area (Å²) in [6.07, 6.45) is -1.68. The van der Waals surface area contributed by atoms with Crippen molar-refractivity contribution in [1.29, 1.82) is 0 Å². The molecule has 0 aromatic heterocycles. The second-order valence-corrected chi connectivity index (χ2v) is 18.4. The number of hydrogen-bond donors (Lipinski definition) is 2. The van der Waals surface area contributed by atoms with Gasteiger partial charge in [-0.25, -0.2) is 19.2 Å². The summed E-state index contributed by atoms with van der Waals surface area (Å²) < 4.78 is 33.3. The van der Waals surface area contributed by atoms with Gasteiger partial charge in [0.2, 0.25) is 0 Å². The van der Waals surface area contributed by atoms with Crippen molar-refractivity contribution in [1.82, 2.24) is 0 Å². The molecule has 1 aliphatic heterocycles. The standard InChI is InChI=1S/C48H56O12/c1-25-33(27-13-17-30(55-11)18-14-27)47(9)35(39(50)51)36(45(25,7)43(47,3)4)40(52)58-21-29(49)22-59-42(54)38-37(41(53)60-24-32-23-57-32)46(8)26(2)34(48(38,10)44(46,5)6)28-15-19-31(56-12)20-16-28/h13-20,29,32,49H,21-24H2,1-12H3,(H,50,51)/t29?,32?,45-,46-,47+,48+/m0/s1. The summed E-state index contributed by atoms with van der Waals surface area (Å²) in [5.74, 6) is -2.25. The van der Waals surface area contributed by atoms with Crippen LogP contribution in [0.4, 0.5) is 0 Å². The molecule has 5 aliphatic rings. The van der Waals surface area contributed by atoms with Crippen LogP contribution < -0.4 is 9.47 Å². The number of aliphatic carboxylic acids is 1. The third-order valence-corrected chi connectivity index (χ3v) is 15.9. The molecule has 1 saturated heterocycles. The number of carboxylic acid groups (broad SMARTS) is 1. The minimum Gasteiger partial charge on any atom is -0.497 e. The van der Waals surface area contributed by atoms with E-state index in [0.717, 1.165) is 33.4 Å². The lowest BCUT2D eigenvalue weighted by Crippen LogP contribution is -2.39. The monoisotopic (exact) mass is 824 g/mol. The number of rotatable bonds is 14. The van der Waals surface area contributed by atoms with Gasteiger partial charge in [0.15, 0.2) is 0 Å². The van der Waals surface area contributed by atoms with E-state index >= 15 is 0 Å². The summed E-state index contributed by atoms with van der Waals surface area (Å²) in [7, 11) is 3.16. The quantitative estimate of drug-likeness (QED) is 0.112. The minimum absolute atomic E-state index is 0.0185. The maximum atomic E-state index is 14.5. The molecule has 1 heterocycles. The van der Waals surface area contributed by atoms with Crippen LogP contribution in [0.1, 0.15) is 80.4 Å². The van der Waals surface area contributed by atoms with Crippen LogP contribution in [0.2, 0.25) is 0 Å². The normalized spacial score (nSPS) is 29.9. The van der Waals surface area contributed by atoms with Gasteiger partial charge in [-0.1, -0.05) is 90.8 Å². The van der Waals surface area contributed by atoms with Gasteiger partial charge in [0.1, 0.15) is 43.5 Å². The molecule has 0 radical (unpaired) electrons. The first-order valence-corrected chi connectivity index (χ1v) is 20.3. The molecule has 320 valence electrons. The first-order chi connectivity index (χ1) is 28.0. The maximum Gasteiger partial charge on any atom is 0.335 e. The summed E-state index contributed by atoms with van der Waals surface area (Å²) in [5, 5.41) is 21.9. The van der Waals surface area contributed by atoms with Crippen LogP contribution in [0.5, 0.6) is 11.5 Å². The van der Waals surface area contributed by atoms with Gasteiger partial charge in [0, 0.05) is 21.7 Å². The first kappa shape index (κ1) is 42.9. The lowest BCUT2D eigenvalue weighted by molar-refractivity contribution is -0.150. The average molecular weight is 825 g/mol. The molecule has 0 saturated carbocycles. The Labute approximate surface area is 351 Å². The van der Waals surface area contributed by atoms with Crippen LogP contribution in [0.15, 0.2) is 82.0 Å². The van der Waals surface area contributed by atoms with Crippen LogP contribution in [-0.2, 0) is 38.1 Å². The summed E-state index contributed by atoms with van der Waals surface area (Å²) >= 11 is 0. The number of methoxy groups -OCH3 is 2. The fourth-order valence-corrected chi connectivity index (χ4v) is 11.4. The van der Waals surface area contributed by atoms with Gasteiger partial charge < -0.3 is 38.6 Å². The molecule has 12 nitrogen and oxygen atoms in total. The molecule has 6 atom stereocenters. The van der Waals surface area contributed by atoms with Crippen LogP contribution in [0.25, 0.3) is 11.1 Å². The van der Waals surface area contributed by atoms with Crippen molar-refractivity contribution in [3.05, 3.63) is 93.1 Å². The van der Waals surface area contributed by atoms with Crippen LogP contribution in [0.3, 0.4) is 0 Å². The van der Waals surface area contributed by atoms with E-state index in [1.54, 1.807) is 14.2 Å². The van der Waals surface area contributed by atoms with E-state index in [1.807, 2.05) is 118 Å². The number of ether oxygens (including phenoxy) is 6. The molecule has 2 aromatic carbocycles. The van der Waals surface area contributed by atoms with E-state index in [9.17, 15) is 29.4 Å². The Bertz CT molecular complexity index is 2320. The van der Waals surface area contributed by atoms with Gasteiger partial charge in [-0.3, -0.25) is 0 Å². The number of epoxide rings is 1. The predicted molar refractivity (Wildman–Crippen MR) is 221 cm³/mol. The average Bonchev–Trinajstić information content (AvgIpc) is 3.98. The van der Waals surface area contributed by atoms with E-state index in [1.165, 1.54) is 0 Å². The highest BCUT2D eigenvalue weighted by Crippen LogP contribution is 2.79. The van der Waals surface area contributed by atoms with Gasteiger partial charge in [0.25, 0.3) is 0 Å². The number of carboxylic acids is 1. The molecule has 0 spiro atoms. The number of benzene rings is 2. The zero-order valence-corrected chi connectivity index (χ0v) is 36.6. The molecule has 1 fully saturated rings. The molecule has 2 unspecified atom stereocenters. The maximum absolute atomic E-state index is 14.5. The number of fused-ring (bicyclic) bond motifs is 4. The molecule has 2 aromatic rings. The van der Waals surface area contributed by atoms with Crippen molar-refractivity contribution in [2.45, 2.75) is 81.4 Å². The molecule has 12 heteroatoms. The Morgan fingerprint density at radius 1 is 0.617 bits per heavy atom. The van der Waals surface area contributed by atoms with Crippen molar-refractivity contribution in [3.8, 4) is 11.5 Å². The Morgan fingerprint density at radius 3 is 1.33 bits per heavy atom. The van der Waals surface area contributed by atoms with Gasteiger partial charge in [0.05, 0.1) is 43.1 Å². The lowest BCUT2D eigenvalue weighted by atomic mass is 9.59. The number of allylic oxidation sites excluding steroid dienone is 4. The van der Waals surface area contributed by atoms with Crippen molar-refractivity contribution < 1.29 is 57.8 Å². The zero-order valence-electron chi connectivity index (χ0n) is 36.6. The number of carbonyl (C=O) groups excluding carboxylic acids is 3. The highest BCUT2D eigenvalue weighted by atomic mass is 16.6. The Morgan fingerprint density at radius 2 is 0.967 bits per heavy atom. The van der Waals surface area contributed by atoms with E-state index in [4.69, 9.17) is 28.4 Å². The van der Waals surface area contributed by atoms with E-state index in [0.29, 0.717) is 18.1 Å². The van der Waals surface area contributed by atoms with Crippen LogP contribution in [-0.4, -0.2) is 86.9 Å². The molecule has 4 bridgehead atoms. The molecule has 7 rings (SSSR count). The largest absolute Gasteiger partial charge is 0.497 e. The Hall–Kier alpha value is -5.20. The molecular weight excluding hydrogens is 769 g/mol. The third kappa shape index (κ3) is 5.48. The lowest BCUT2D eigenvalue weighted by Gasteiger charge is -2.43. The molecular formula is C48H56O12. The SMILES string of the molecule is COc1ccc(C2=C(C)[C@@]3(C)C(C(=O)OCC(O)COC(=O)C4=C(C(=O)OCC5CO5)[C@]5(C)C(C)=C(c6ccc(OC)cc6)[C@@]4(C)C5(C)C)=C(C(=O)O)[C@]2(C)C3(C)C)cc1. The smallest absolute Gasteiger partial charge is 0.335 e. The van der Waals surface area contributed by atoms with E-state index in [2.05, 4.69) is 0 Å². The van der Waals surface area contributed by atoms with Crippen molar-refractivity contribution in [2.24, 2.45) is 32.5 Å². The number of aliphatic hydroxyl groups is 1. The minimum atomic E-state index is -1.48. The highest BCUT2D eigenvalue weighted by Gasteiger charge is 2.74. The van der Waals surface area contributed by atoms with E-state index < -0.39 is 75.7 Å². The summed E-state index contributed by atoms with van der Waals surface area (Å²) in [6.45, 7) is 18.8. The topological polar surface area (TPSA) is 167 Å². The summed E-state index contributed by atoms with van der Waals surface area (Å²) in [5.41, 5.74) is -0.204. The van der Waals surface area contributed by atoms with Crippen molar-refractivity contribution >= 4 is 35.0 Å². The number of aliphatic hydroxyl groups excluding tert-OH is 1. The fraction of sp³-hybridized carbons (Fsp3) is 0.500. The molecule has 4 aliphatic carbocycles. The second kappa shape index (κ2) is 14.2. The second-order valence-electron chi connectivity index (χ2n) is 18.4. The van der Waals surface area contributed by atoms with Gasteiger partial charge in [-0.15, -0.1) is 0 Å². The summed E-state index contributed by atoms with van der Waals surface area (Å²) in [4.78, 5) is 55.8. The van der Waals surface area contributed by atoms with Crippen LogP contribution in [0, 0.1) is 32.5 Å².